The highest BCUT2D eigenvalue weighted by molar-refractivity contribution is 5.84. The lowest BCUT2D eigenvalue weighted by Gasteiger charge is -2.42. The summed E-state index contributed by atoms with van der Waals surface area (Å²) < 4.78 is 16.6. The number of carbonyl (C=O) groups excluding carboxylic acids is 1. The summed E-state index contributed by atoms with van der Waals surface area (Å²) in [5.74, 6) is 0.831. The van der Waals surface area contributed by atoms with Gasteiger partial charge in [0.15, 0.2) is 0 Å². The number of fused-ring (bicyclic) bond motifs is 1. The Bertz CT molecular complexity index is 556. The van der Waals surface area contributed by atoms with Gasteiger partial charge in [-0.1, -0.05) is 13.3 Å². The first-order valence-corrected chi connectivity index (χ1v) is 7.66. The number of benzene rings is 1. The van der Waals surface area contributed by atoms with Crippen LogP contribution in [-0.2, 0) is 15.1 Å². The van der Waals surface area contributed by atoms with E-state index in [1.165, 1.54) is 7.11 Å². The van der Waals surface area contributed by atoms with Crippen LogP contribution in [0.3, 0.4) is 0 Å². The molecule has 122 valence electrons. The molecule has 2 N–H and O–H groups in total. The normalized spacial score (nSPS) is 22.4. The number of methoxy groups -OCH3 is 1. The van der Waals surface area contributed by atoms with Gasteiger partial charge >= 0.3 is 5.97 Å². The molecule has 1 aliphatic rings. The van der Waals surface area contributed by atoms with Gasteiger partial charge in [-0.3, -0.25) is 0 Å². The van der Waals surface area contributed by atoms with Crippen molar-refractivity contribution in [2.75, 3.05) is 13.7 Å². The molecule has 0 saturated heterocycles. The Morgan fingerprint density at radius 1 is 1.41 bits per heavy atom. The molecule has 0 radical (unpaired) electrons. The summed E-state index contributed by atoms with van der Waals surface area (Å²) in [6, 6.07) is 5.44. The van der Waals surface area contributed by atoms with Crippen molar-refractivity contribution in [3.8, 4) is 11.5 Å². The van der Waals surface area contributed by atoms with Crippen molar-refractivity contribution in [1.29, 1.82) is 0 Å². The van der Waals surface area contributed by atoms with Gasteiger partial charge in [0.1, 0.15) is 22.6 Å². The van der Waals surface area contributed by atoms with E-state index in [9.17, 15) is 4.79 Å². The van der Waals surface area contributed by atoms with Crippen LogP contribution in [0.15, 0.2) is 18.2 Å². The molecule has 5 heteroatoms. The molecule has 1 atom stereocenters. The van der Waals surface area contributed by atoms with E-state index in [1.54, 1.807) is 6.07 Å². The number of unbranched alkanes of at least 4 members (excludes halogenated alkanes) is 1. The molecule has 0 amide bonds. The van der Waals surface area contributed by atoms with Crippen molar-refractivity contribution >= 4 is 5.97 Å². The third-order valence-corrected chi connectivity index (χ3v) is 3.84. The van der Waals surface area contributed by atoms with Gasteiger partial charge < -0.3 is 19.9 Å². The lowest BCUT2D eigenvalue weighted by atomic mass is 9.78. The van der Waals surface area contributed by atoms with Crippen LogP contribution >= 0.6 is 0 Å². The molecule has 1 aromatic rings. The van der Waals surface area contributed by atoms with Gasteiger partial charge in [0.2, 0.25) is 0 Å². The zero-order valence-corrected chi connectivity index (χ0v) is 13.8. The van der Waals surface area contributed by atoms with E-state index in [2.05, 4.69) is 6.92 Å². The highest BCUT2D eigenvalue weighted by atomic mass is 16.5. The van der Waals surface area contributed by atoms with Crippen molar-refractivity contribution in [2.45, 2.75) is 51.2 Å². The van der Waals surface area contributed by atoms with E-state index in [1.807, 2.05) is 26.0 Å². The maximum absolute atomic E-state index is 12.3. The van der Waals surface area contributed by atoms with Crippen molar-refractivity contribution in [2.24, 2.45) is 5.73 Å². The lowest BCUT2D eigenvalue weighted by molar-refractivity contribution is -0.151. The topological polar surface area (TPSA) is 70.8 Å². The summed E-state index contributed by atoms with van der Waals surface area (Å²) in [5.41, 5.74) is 5.26. The minimum absolute atomic E-state index is 0.345. The number of nitrogens with two attached hydrogens (primary N) is 1. The Kier molecular flexibility index (Phi) is 4.66. The highest BCUT2D eigenvalue weighted by Gasteiger charge is 2.48. The Hall–Kier alpha value is -1.75. The second kappa shape index (κ2) is 6.16. The average molecular weight is 307 g/mol. The summed E-state index contributed by atoms with van der Waals surface area (Å²) >= 11 is 0. The first-order chi connectivity index (χ1) is 10.3. The van der Waals surface area contributed by atoms with Gasteiger partial charge in [0.25, 0.3) is 0 Å². The summed E-state index contributed by atoms with van der Waals surface area (Å²) in [6.45, 7) is 6.56. The molecule has 1 heterocycles. The first-order valence-electron chi connectivity index (χ1n) is 7.66. The number of rotatable bonds is 5. The highest BCUT2D eigenvalue weighted by Crippen LogP contribution is 2.44. The Morgan fingerprint density at radius 3 is 2.77 bits per heavy atom. The van der Waals surface area contributed by atoms with Crippen LogP contribution < -0.4 is 15.2 Å². The number of ether oxygens (including phenoxy) is 3. The summed E-state index contributed by atoms with van der Waals surface area (Å²) in [7, 11) is 1.35. The van der Waals surface area contributed by atoms with Crippen LogP contribution in [0.4, 0.5) is 0 Å². The maximum atomic E-state index is 12.3. The zero-order chi connectivity index (χ0) is 16.4. The van der Waals surface area contributed by atoms with E-state index < -0.39 is 17.1 Å². The van der Waals surface area contributed by atoms with Crippen LogP contribution in [0.5, 0.6) is 11.5 Å². The van der Waals surface area contributed by atoms with Crippen LogP contribution in [0.1, 0.15) is 45.6 Å². The fraction of sp³-hybridized carbons (Fsp3) is 0.588. The number of hydrogen-bond acceptors (Lipinski definition) is 5. The minimum Gasteiger partial charge on any atom is -0.494 e. The number of carbonyl (C=O) groups is 1. The second-order valence-electron chi connectivity index (χ2n) is 6.36. The molecule has 1 aliphatic heterocycles. The molecule has 0 saturated carbocycles. The molecule has 22 heavy (non-hydrogen) atoms. The van der Waals surface area contributed by atoms with Crippen LogP contribution in [0.25, 0.3) is 0 Å². The molecule has 0 spiro atoms. The maximum Gasteiger partial charge on any atom is 0.330 e. The predicted molar refractivity (Wildman–Crippen MR) is 84.1 cm³/mol. The Morgan fingerprint density at radius 2 is 2.14 bits per heavy atom. The van der Waals surface area contributed by atoms with Crippen molar-refractivity contribution in [1.82, 2.24) is 0 Å². The van der Waals surface area contributed by atoms with Gasteiger partial charge in [-0.15, -0.1) is 0 Å². The van der Waals surface area contributed by atoms with E-state index in [4.69, 9.17) is 19.9 Å². The molecule has 0 fully saturated rings. The van der Waals surface area contributed by atoms with E-state index >= 15 is 0 Å². The molecule has 5 nitrogen and oxygen atoms in total. The Labute approximate surface area is 131 Å². The number of esters is 1. The van der Waals surface area contributed by atoms with E-state index in [0.29, 0.717) is 30.1 Å². The summed E-state index contributed by atoms with van der Waals surface area (Å²) in [4.78, 5) is 12.3. The fourth-order valence-corrected chi connectivity index (χ4v) is 2.84. The smallest absolute Gasteiger partial charge is 0.330 e. The summed E-state index contributed by atoms with van der Waals surface area (Å²) in [5, 5.41) is 0. The Balaban J connectivity index is 2.39. The SMILES string of the molecule is CCCCOc1ccc2c(c1)C(N)(C(=O)OC)CC(C)(C)O2. The average Bonchev–Trinajstić information content (AvgIpc) is 2.46. The molecule has 1 unspecified atom stereocenters. The molecular weight excluding hydrogens is 282 g/mol. The van der Waals surface area contributed by atoms with Gasteiger partial charge in [0.05, 0.1) is 13.7 Å². The largest absolute Gasteiger partial charge is 0.494 e. The van der Waals surface area contributed by atoms with Gasteiger partial charge in [-0.2, -0.15) is 0 Å². The fourth-order valence-electron chi connectivity index (χ4n) is 2.84. The van der Waals surface area contributed by atoms with Crippen molar-refractivity contribution in [3.63, 3.8) is 0 Å². The lowest BCUT2D eigenvalue weighted by Crippen LogP contribution is -2.54. The van der Waals surface area contributed by atoms with E-state index in [-0.39, 0.29) is 0 Å². The molecule has 0 bridgehead atoms. The second-order valence-corrected chi connectivity index (χ2v) is 6.36. The zero-order valence-electron chi connectivity index (χ0n) is 13.8. The molecule has 0 aliphatic carbocycles. The molecular formula is C17H25NO4. The van der Waals surface area contributed by atoms with E-state index in [0.717, 1.165) is 12.8 Å². The van der Waals surface area contributed by atoms with Crippen molar-refractivity contribution in [3.05, 3.63) is 23.8 Å². The quantitative estimate of drug-likeness (QED) is 0.669. The van der Waals surface area contributed by atoms with Crippen LogP contribution in [0.2, 0.25) is 0 Å². The predicted octanol–water partition coefficient (Wildman–Crippen LogP) is 2.75. The monoisotopic (exact) mass is 307 g/mol. The van der Waals surface area contributed by atoms with Gasteiger partial charge in [-0.25, -0.2) is 4.79 Å². The van der Waals surface area contributed by atoms with Gasteiger partial charge in [0, 0.05) is 12.0 Å². The third-order valence-electron chi connectivity index (χ3n) is 3.84. The summed E-state index contributed by atoms with van der Waals surface area (Å²) in [6.07, 6.45) is 2.38. The molecule has 2 rings (SSSR count). The molecule has 1 aromatic carbocycles. The standard InChI is InChI=1S/C17H25NO4/c1-5-6-9-21-12-7-8-14-13(10-12)17(18,15(19)20-4)11-16(2,3)22-14/h7-8,10H,5-6,9,11,18H2,1-4H3. The third kappa shape index (κ3) is 3.19. The van der Waals surface area contributed by atoms with Crippen molar-refractivity contribution < 1.29 is 19.0 Å². The molecule has 0 aromatic heterocycles. The first kappa shape index (κ1) is 16.6. The minimum atomic E-state index is -1.23. The van der Waals surface area contributed by atoms with Crippen LogP contribution in [-0.4, -0.2) is 25.3 Å². The van der Waals surface area contributed by atoms with Crippen LogP contribution in [0, 0.1) is 0 Å². The van der Waals surface area contributed by atoms with Gasteiger partial charge in [-0.05, 0) is 38.5 Å². The number of hydrogen-bond donors (Lipinski definition) is 1.